The number of hydrogen-bond acceptors (Lipinski definition) is 21. The topological polar surface area (TPSA) is 339 Å². The smallest absolute Gasteiger partial charge is 0.176 e. The number of methoxy groups -OCH3 is 1. The van der Waals surface area contributed by atoms with Crippen molar-refractivity contribution >= 4 is 0 Å². The fraction of sp³-hybridized carbons (Fsp3) is 0.547. The van der Waals surface area contributed by atoms with Gasteiger partial charge in [-0.3, -0.25) is 0 Å². The minimum atomic E-state index is -1.23. The summed E-state index contributed by atoms with van der Waals surface area (Å²) in [4.78, 5) is 0. The van der Waals surface area contributed by atoms with E-state index in [4.69, 9.17) is 103 Å². The fourth-order valence-electron chi connectivity index (χ4n) is 9.91. The number of hydrogen-bond donors (Lipinski definition) is 9. The zero-order valence-corrected chi connectivity index (χ0v) is 41.7. The number of rotatable bonds is 23. The lowest BCUT2D eigenvalue weighted by atomic mass is 9.93. The van der Waals surface area contributed by atoms with Crippen LogP contribution in [0.5, 0.6) is 0 Å². The van der Waals surface area contributed by atoms with Crippen molar-refractivity contribution in [2.75, 3.05) is 33.3 Å². The van der Waals surface area contributed by atoms with Crippen LogP contribution in [0.25, 0.3) is 0 Å². The van der Waals surface area contributed by atoms with Gasteiger partial charge in [-0.25, -0.2) is 0 Å². The Morgan fingerprint density at radius 3 is 0.919 bits per heavy atom. The highest BCUT2D eigenvalue weighted by Gasteiger charge is 2.55. The van der Waals surface area contributed by atoms with Gasteiger partial charge in [-0.15, -0.1) is 0 Å². The van der Waals surface area contributed by atoms with Crippen molar-refractivity contribution in [1.82, 2.24) is 0 Å². The number of aliphatic hydroxyl groups excluding tert-OH is 1. The van der Waals surface area contributed by atoms with E-state index in [0.29, 0.717) is 0 Å². The maximum Gasteiger partial charge on any atom is 0.176 e. The molecule has 0 aromatic heterocycles. The Morgan fingerprint density at radius 1 is 0.365 bits per heavy atom. The molecule has 21 heteroatoms. The van der Waals surface area contributed by atoms with Crippen LogP contribution in [0.2, 0.25) is 0 Å². The number of benzene rings is 4. The fourth-order valence-corrected chi connectivity index (χ4v) is 9.91. The number of aliphatic hydroxyl groups is 1. The summed E-state index contributed by atoms with van der Waals surface area (Å²) in [5, 5.41) is 11.4. The van der Waals surface area contributed by atoms with Gasteiger partial charge in [0.2, 0.25) is 0 Å². The lowest BCUT2D eigenvalue weighted by molar-refractivity contribution is -0.359. The molecule has 21 nitrogen and oxygen atoms in total. The molecule has 4 fully saturated rings. The van der Waals surface area contributed by atoms with Gasteiger partial charge < -0.3 is 108 Å². The van der Waals surface area contributed by atoms with Crippen LogP contribution >= 0.6 is 0 Å². The average Bonchev–Trinajstić information content (AvgIpc) is 3.43. The first-order valence-corrected chi connectivity index (χ1v) is 25.3. The second-order valence-corrected chi connectivity index (χ2v) is 19.0. The van der Waals surface area contributed by atoms with Crippen molar-refractivity contribution in [3.8, 4) is 0 Å². The van der Waals surface area contributed by atoms with Crippen molar-refractivity contribution in [3.05, 3.63) is 144 Å². The van der Waals surface area contributed by atoms with Crippen LogP contribution < -0.4 is 45.9 Å². The summed E-state index contributed by atoms with van der Waals surface area (Å²) in [6.07, 6.45) is -15.6. The third-order valence-corrected chi connectivity index (χ3v) is 14.0. The summed E-state index contributed by atoms with van der Waals surface area (Å²) in [6, 6.07) is 34.4. The zero-order valence-electron chi connectivity index (χ0n) is 41.7. The van der Waals surface area contributed by atoms with Crippen LogP contribution in [0.1, 0.15) is 22.3 Å². The maximum absolute atomic E-state index is 11.4. The molecule has 8 rings (SSSR count). The molecule has 0 bridgehead atoms. The van der Waals surface area contributed by atoms with Crippen molar-refractivity contribution < 1.29 is 61.9 Å². The van der Waals surface area contributed by atoms with Gasteiger partial charge in [-0.2, -0.15) is 0 Å². The van der Waals surface area contributed by atoms with E-state index in [1.807, 2.05) is 121 Å². The molecule has 406 valence electrons. The van der Waals surface area contributed by atoms with Gasteiger partial charge in [0.15, 0.2) is 25.2 Å². The highest BCUT2D eigenvalue weighted by atomic mass is 16.8. The second kappa shape index (κ2) is 27.4. The molecule has 74 heavy (non-hydrogen) atoms. The summed E-state index contributed by atoms with van der Waals surface area (Å²) < 4.78 is 78.1. The van der Waals surface area contributed by atoms with Gasteiger partial charge >= 0.3 is 0 Å². The van der Waals surface area contributed by atoms with Gasteiger partial charge in [-0.05, 0) is 22.3 Å². The predicted octanol–water partition coefficient (Wildman–Crippen LogP) is -0.466. The van der Waals surface area contributed by atoms with E-state index in [1.54, 1.807) is 0 Å². The van der Waals surface area contributed by atoms with E-state index in [2.05, 4.69) is 0 Å². The molecule has 0 unspecified atom stereocenters. The Bertz CT molecular complexity index is 2220. The first-order valence-electron chi connectivity index (χ1n) is 25.3. The third kappa shape index (κ3) is 13.6. The van der Waals surface area contributed by atoms with Crippen LogP contribution in [-0.2, 0) is 83.3 Å². The van der Waals surface area contributed by atoms with Crippen LogP contribution in [0, 0.1) is 0 Å². The van der Waals surface area contributed by atoms with Gasteiger partial charge in [0.1, 0.15) is 73.2 Å². The van der Waals surface area contributed by atoms with E-state index >= 15 is 0 Å². The van der Waals surface area contributed by atoms with E-state index in [9.17, 15) is 5.11 Å². The maximum atomic E-state index is 11.4. The molecule has 0 aliphatic carbocycles. The summed E-state index contributed by atoms with van der Waals surface area (Å²) in [5.74, 6) is 0. The van der Waals surface area contributed by atoms with E-state index in [1.165, 1.54) is 7.11 Å². The molecular weight excluding hydrogens is 957 g/mol. The lowest BCUT2D eigenvalue weighted by Crippen LogP contribution is -2.71. The highest BCUT2D eigenvalue weighted by Crippen LogP contribution is 2.36. The van der Waals surface area contributed by atoms with Gasteiger partial charge in [0.25, 0.3) is 0 Å². The highest BCUT2D eigenvalue weighted by molar-refractivity contribution is 5.17. The van der Waals surface area contributed by atoms with Crippen LogP contribution in [-0.4, -0.2) is 161 Å². The quantitative estimate of drug-likeness (QED) is 0.0454. The van der Waals surface area contributed by atoms with Crippen molar-refractivity contribution in [2.45, 2.75) is 149 Å². The van der Waals surface area contributed by atoms with Crippen molar-refractivity contribution in [3.63, 3.8) is 0 Å². The molecule has 20 atom stereocenters. The Morgan fingerprint density at radius 2 is 0.622 bits per heavy atom. The normalized spacial score (nSPS) is 36.6. The molecule has 17 N–H and O–H groups in total. The Labute approximate surface area is 432 Å². The number of ether oxygens (including phenoxy) is 12. The Hall–Kier alpha value is -3.96. The third-order valence-electron chi connectivity index (χ3n) is 14.0. The second-order valence-electron chi connectivity index (χ2n) is 19.0. The minimum absolute atomic E-state index is 0.0266. The van der Waals surface area contributed by atoms with E-state index in [0.717, 1.165) is 22.3 Å². The largest absolute Gasteiger partial charge is 0.388 e. The van der Waals surface area contributed by atoms with E-state index in [-0.39, 0.29) is 52.6 Å². The molecule has 0 amide bonds. The molecule has 0 saturated carbocycles. The average molecular weight is 1030 g/mol. The summed E-state index contributed by atoms with van der Waals surface area (Å²) in [7, 11) is 1.50. The van der Waals surface area contributed by atoms with Crippen molar-refractivity contribution in [2.24, 2.45) is 45.9 Å². The molecule has 4 aliphatic rings. The monoisotopic (exact) mass is 1030 g/mol. The SMILES string of the molecule is CO[C@H]1O[C@H](CN)[C@@H](O[C@H]2O[C@H](CN)[C@@H](O[C@H]3O[C@H](CN)[C@@H](O[C@H]4O[C@H](CN)[C@@H](O)[C@H](OCc5ccccc5)[C@H]4N)[C@H](OCc4ccccc4)[C@H]3N)[C@H](OCc3ccccc3)[C@H]2N)[C@H](OCc2ccccc2)[C@H]1N. The van der Waals surface area contributed by atoms with Crippen LogP contribution in [0.15, 0.2) is 121 Å². The minimum Gasteiger partial charge on any atom is -0.388 e. The molecule has 0 spiro atoms. The standard InChI is InChI=1S/C53H76N8O13/c1-63-50-39(59)47(65-27-31-16-8-3-9-17-31)43(35(23-55)69-50)73-52-41(61)49(67-29-33-20-12-5-13-21-33)45(37(25-57)71-52)74-53-40(60)48(66-28-32-18-10-4-11-19-32)44(36(24-56)70-53)72-51-38(58)46(42(62)34(22-54)68-51)64-26-30-14-6-2-7-15-30/h2-21,34-53,62H,22-29,54-61H2,1H3/t34-,35-,36-,37-,38-,39-,40-,41-,42-,43-,44-,45-,46-,47-,48-,49-,50+,51-,52-,53-/m1/s1. The Balaban J connectivity index is 1.06. The lowest BCUT2D eigenvalue weighted by Gasteiger charge is -2.51. The van der Waals surface area contributed by atoms with Gasteiger partial charge in [0, 0.05) is 33.3 Å². The zero-order chi connectivity index (χ0) is 52.1. The molecule has 4 aromatic rings. The summed E-state index contributed by atoms with van der Waals surface area (Å²) >= 11 is 0. The molecular formula is C53H76N8O13. The van der Waals surface area contributed by atoms with Crippen LogP contribution in [0.4, 0.5) is 0 Å². The molecule has 4 aromatic carbocycles. The van der Waals surface area contributed by atoms with Gasteiger partial charge in [-0.1, -0.05) is 121 Å². The molecule has 4 aliphatic heterocycles. The van der Waals surface area contributed by atoms with Crippen LogP contribution in [0.3, 0.4) is 0 Å². The molecule has 4 saturated heterocycles. The molecule has 0 radical (unpaired) electrons. The predicted molar refractivity (Wildman–Crippen MR) is 270 cm³/mol. The van der Waals surface area contributed by atoms with E-state index < -0.39 is 123 Å². The van der Waals surface area contributed by atoms with Crippen molar-refractivity contribution in [1.29, 1.82) is 0 Å². The summed E-state index contributed by atoms with van der Waals surface area (Å²) in [5.41, 5.74) is 57.1. The molecule has 4 heterocycles. The number of nitrogens with two attached hydrogens (primary N) is 8. The van der Waals surface area contributed by atoms with Gasteiger partial charge in [0.05, 0.1) is 50.6 Å². The first-order chi connectivity index (χ1) is 36.0. The first kappa shape index (κ1) is 56.2. The Kier molecular flexibility index (Phi) is 20.8. The summed E-state index contributed by atoms with van der Waals surface area (Å²) in [6.45, 7) is 0.439.